The van der Waals surface area contributed by atoms with Crippen molar-refractivity contribution in [3.8, 4) is 11.1 Å². The quantitative estimate of drug-likeness (QED) is 0.0621. The molecule has 302 valence electrons. The van der Waals surface area contributed by atoms with E-state index in [2.05, 4.69) is 66.8 Å². The number of carbonyl (C=O) groups excluding carboxylic acids is 2. The Bertz CT molecular complexity index is 2080. The van der Waals surface area contributed by atoms with E-state index in [0.717, 1.165) is 84.9 Å². The number of aromatic nitrogens is 2. The lowest BCUT2D eigenvalue weighted by atomic mass is 9.98. The number of aliphatic hydroxyl groups is 1. The van der Waals surface area contributed by atoms with Crippen LogP contribution in [0, 0.1) is 0 Å². The molecule has 3 atom stereocenters. The van der Waals surface area contributed by atoms with Gasteiger partial charge in [0, 0.05) is 76.5 Å². The summed E-state index contributed by atoms with van der Waals surface area (Å²) in [6.07, 6.45) is 6.56. The molecule has 4 aromatic carbocycles. The van der Waals surface area contributed by atoms with Crippen molar-refractivity contribution >= 4 is 29.1 Å². The smallest absolute Gasteiger partial charge is 0.225 e. The molecule has 2 aliphatic heterocycles. The molecule has 58 heavy (non-hydrogen) atoms. The topological polar surface area (TPSA) is 155 Å². The van der Waals surface area contributed by atoms with Gasteiger partial charge < -0.3 is 35.8 Å². The highest BCUT2D eigenvalue weighted by atomic mass is 16.7. The summed E-state index contributed by atoms with van der Waals surface area (Å²) in [5.41, 5.74) is 13.1. The molecule has 5 aromatic rings. The fourth-order valence-electron chi connectivity index (χ4n) is 7.46. The number of hydrogen-bond acceptors (Lipinski definition) is 10. The number of nitrogen functional groups attached to an aromatic ring is 1. The van der Waals surface area contributed by atoms with Gasteiger partial charge in [0.25, 0.3) is 0 Å². The normalized spacial score (nSPS) is 18.4. The highest BCUT2D eigenvalue weighted by molar-refractivity contribution is 5.93. The summed E-state index contributed by atoms with van der Waals surface area (Å²) in [6.45, 7) is 4.73. The van der Waals surface area contributed by atoms with Crippen LogP contribution >= 0.6 is 0 Å². The summed E-state index contributed by atoms with van der Waals surface area (Å²) in [7, 11) is 0. The van der Waals surface area contributed by atoms with E-state index in [1.54, 1.807) is 24.5 Å². The third-order valence-corrected chi connectivity index (χ3v) is 10.8. The Morgan fingerprint density at radius 3 is 2.21 bits per heavy atom. The van der Waals surface area contributed by atoms with E-state index in [-0.39, 0.29) is 30.6 Å². The SMILES string of the molecule is Nc1ccccc1NC(=O)CCCCCC(=O)NCc1cccc(-c2ccc(C3OC(CN4CCN(c5ncccn5)CC4)CC(c4ccc(CO)cc4)O3)cc2)c1. The average molecular weight is 784 g/mol. The highest BCUT2D eigenvalue weighted by Gasteiger charge is 2.34. The van der Waals surface area contributed by atoms with Crippen LogP contribution in [0.5, 0.6) is 0 Å². The highest BCUT2D eigenvalue weighted by Crippen LogP contribution is 2.39. The lowest BCUT2D eigenvalue weighted by Crippen LogP contribution is -2.50. The number of unbranched alkanes of at least 4 members (excludes halogenated alkanes) is 2. The molecule has 0 radical (unpaired) electrons. The predicted molar refractivity (Wildman–Crippen MR) is 225 cm³/mol. The number of ether oxygens (including phenoxy) is 2. The van der Waals surface area contributed by atoms with Gasteiger partial charge in [-0.15, -0.1) is 0 Å². The molecule has 1 aromatic heterocycles. The Kier molecular flexibility index (Phi) is 14.1. The van der Waals surface area contributed by atoms with Gasteiger partial charge in [-0.3, -0.25) is 14.5 Å². The van der Waals surface area contributed by atoms with Crippen LogP contribution < -0.4 is 21.3 Å². The van der Waals surface area contributed by atoms with Crippen LogP contribution in [0.1, 0.15) is 73.2 Å². The number of nitrogens with two attached hydrogens (primary N) is 1. The number of anilines is 3. The van der Waals surface area contributed by atoms with Gasteiger partial charge in [-0.25, -0.2) is 9.97 Å². The molecule has 0 saturated carbocycles. The monoisotopic (exact) mass is 783 g/mol. The fraction of sp³-hybridized carbons (Fsp3) is 0.348. The first-order valence-corrected chi connectivity index (χ1v) is 20.3. The molecule has 3 heterocycles. The Morgan fingerprint density at radius 1 is 0.741 bits per heavy atom. The predicted octanol–water partition coefficient (Wildman–Crippen LogP) is 6.79. The van der Waals surface area contributed by atoms with E-state index in [0.29, 0.717) is 43.6 Å². The number of nitrogens with zero attached hydrogens (tertiary/aromatic N) is 4. The van der Waals surface area contributed by atoms with Crippen molar-refractivity contribution in [3.63, 3.8) is 0 Å². The fourth-order valence-corrected chi connectivity index (χ4v) is 7.46. The molecule has 12 nitrogen and oxygen atoms in total. The summed E-state index contributed by atoms with van der Waals surface area (Å²) in [5.74, 6) is 0.689. The van der Waals surface area contributed by atoms with E-state index in [1.807, 2.05) is 54.6 Å². The maximum atomic E-state index is 12.6. The van der Waals surface area contributed by atoms with Gasteiger partial charge in [-0.1, -0.05) is 85.3 Å². The van der Waals surface area contributed by atoms with Crippen LogP contribution in [-0.4, -0.2) is 70.6 Å². The second-order valence-corrected chi connectivity index (χ2v) is 15.0. The first kappa shape index (κ1) is 40.5. The van der Waals surface area contributed by atoms with Crippen molar-refractivity contribution in [2.45, 2.75) is 70.2 Å². The Hall–Kier alpha value is -5.66. The third-order valence-electron chi connectivity index (χ3n) is 10.8. The summed E-state index contributed by atoms with van der Waals surface area (Å²) in [5, 5.41) is 15.5. The maximum absolute atomic E-state index is 12.6. The van der Waals surface area contributed by atoms with Crippen LogP contribution in [0.4, 0.5) is 17.3 Å². The van der Waals surface area contributed by atoms with E-state index in [9.17, 15) is 14.7 Å². The lowest BCUT2D eigenvalue weighted by molar-refractivity contribution is -0.253. The number of amides is 2. The minimum atomic E-state index is -0.540. The summed E-state index contributed by atoms with van der Waals surface area (Å²) in [6, 6.07) is 33.6. The maximum Gasteiger partial charge on any atom is 0.225 e. The van der Waals surface area contributed by atoms with Gasteiger partial charge in [0.1, 0.15) is 0 Å². The summed E-state index contributed by atoms with van der Waals surface area (Å²) in [4.78, 5) is 38.4. The molecule has 2 fully saturated rings. The molecule has 12 heteroatoms. The lowest BCUT2D eigenvalue weighted by Gasteiger charge is -2.40. The number of rotatable bonds is 16. The van der Waals surface area contributed by atoms with Crippen LogP contribution in [-0.2, 0) is 32.2 Å². The van der Waals surface area contributed by atoms with Crippen molar-refractivity contribution in [1.82, 2.24) is 20.2 Å². The van der Waals surface area contributed by atoms with Gasteiger partial charge in [-0.05, 0) is 64.9 Å². The first-order valence-electron chi connectivity index (χ1n) is 20.3. The van der Waals surface area contributed by atoms with E-state index in [4.69, 9.17) is 15.2 Å². The van der Waals surface area contributed by atoms with Crippen LogP contribution in [0.25, 0.3) is 11.1 Å². The van der Waals surface area contributed by atoms with Gasteiger partial charge in [0.2, 0.25) is 17.8 Å². The molecular weight excluding hydrogens is 731 g/mol. The molecule has 0 aliphatic carbocycles. The molecule has 7 rings (SSSR count). The number of benzene rings is 4. The van der Waals surface area contributed by atoms with Crippen molar-refractivity contribution in [2.75, 3.05) is 48.7 Å². The minimum Gasteiger partial charge on any atom is -0.397 e. The Labute approximate surface area is 340 Å². The van der Waals surface area contributed by atoms with Crippen LogP contribution in [0.2, 0.25) is 0 Å². The summed E-state index contributed by atoms with van der Waals surface area (Å²) >= 11 is 0. The number of aliphatic hydroxyl groups excluding tert-OH is 1. The second-order valence-electron chi connectivity index (χ2n) is 15.0. The zero-order valence-electron chi connectivity index (χ0n) is 32.8. The standard InChI is InChI=1S/C46H53N7O5/c47-40-10-4-5-11-41(40)51-44(56)13-3-1-2-12-43(55)50-30-34-8-6-9-38(28-34)35-18-20-37(21-19-35)45-57-39(29-42(58-45)36-16-14-33(32-54)15-17-36)31-52-24-26-53(27-25-52)46-48-22-7-23-49-46/h4-11,14-23,28,39,42,45,54H,1-3,12-13,24-27,29-32,47H2,(H,50,55)(H,51,56). The first-order chi connectivity index (χ1) is 28.4. The zero-order valence-corrected chi connectivity index (χ0v) is 32.8. The van der Waals surface area contributed by atoms with Crippen molar-refractivity contribution in [3.05, 3.63) is 138 Å². The van der Waals surface area contributed by atoms with Crippen LogP contribution in [0.3, 0.4) is 0 Å². The van der Waals surface area contributed by atoms with E-state index in [1.165, 1.54) is 0 Å². The van der Waals surface area contributed by atoms with Crippen LogP contribution in [0.15, 0.2) is 116 Å². The van der Waals surface area contributed by atoms with E-state index < -0.39 is 6.29 Å². The minimum absolute atomic E-state index is 0.00100. The molecule has 0 bridgehead atoms. The van der Waals surface area contributed by atoms with Gasteiger partial charge in [-0.2, -0.15) is 0 Å². The van der Waals surface area contributed by atoms with Crippen molar-refractivity contribution in [2.24, 2.45) is 0 Å². The molecule has 3 unspecified atom stereocenters. The van der Waals surface area contributed by atoms with Crippen molar-refractivity contribution < 1.29 is 24.2 Å². The van der Waals surface area contributed by atoms with Gasteiger partial charge in [0.05, 0.1) is 30.2 Å². The number of carbonyl (C=O) groups is 2. The molecule has 2 saturated heterocycles. The molecular formula is C46H53N7O5. The Morgan fingerprint density at radius 2 is 1.47 bits per heavy atom. The second kappa shape index (κ2) is 20.2. The molecule has 0 spiro atoms. The largest absolute Gasteiger partial charge is 0.397 e. The Balaban J connectivity index is 0.907. The number of piperazine rings is 1. The van der Waals surface area contributed by atoms with Gasteiger partial charge in [0.15, 0.2) is 6.29 Å². The molecule has 2 aliphatic rings. The summed E-state index contributed by atoms with van der Waals surface area (Å²) < 4.78 is 13.3. The zero-order chi connectivity index (χ0) is 40.1. The average Bonchev–Trinajstić information content (AvgIpc) is 3.27. The number of hydrogen-bond donors (Lipinski definition) is 4. The van der Waals surface area contributed by atoms with Crippen molar-refractivity contribution in [1.29, 1.82) is 0 Å². The van der Waals surface area contributed by atoms with Gasteiger partial charge >= 0.3 is 0 Å². The molecule has 2 amide bonds. The third kappa shape index (κ3) is 11.3. The van der Waals surface area contributed by atoms with E-state index >= 15 is 0 Å². The number of nitrogens with one attached hydrogen (secondary N) is 2. The molecule has 5 N–H and O–H groups in total. The number of para-hydroxylation sites is 2.